The van der Waals surface area contributed by atoms with Crippen LogP contribution in [0.3, 0.4) is 0 Å². The number of aromatic nitrogens is 2. The zero-order valence-electron chi connectivity index (χ0n) is 18.5. The maximum absolute atomic E-state index is 13.7. The molecule has 7 heteroatoms. The molecule has 170 valence electrons. The van der Waals surface area contributed by atoms with E-state index in [1.807, 2.05) is 44.2 Å². The second-order valence-corrected chi connectivity index (χ2v) is 8.90. The van der Waals surface area contributed by atoms with Gasteiger partial charge in [-0.05, 0) is 43.7 Å². The van der Waals surface area contributed by atoms with E-state index < -0.39 is 6.10 Å². The van der Waals surface area contributed by atoms with Gasteiger partial charge < -0.3 is 9.84 Å². The lowest BCUT2D eigenvalue weighted by Gasteiger charge is -2.17. The average Bonchev–Trinajstić information content (AvgIpc) is 2.80. The third-order valence-electron chi connectivity index (χ3n) is 5.27. The number of rotatable bonds is 8. The number of hydrogen-bond donors (Lipinski definition) is 1. The molecule has 0 aliphatic rings. The number of thioether (sulfide) groups is 1. The molecule has 0 saturated heterocycles. The van der Waals surface area contributed by atoms with E-state index in [4.69, 9.17) is 9.72 Å². The van der Waals surface area contributed by atoms with Crippen molar-refractivity contribution in [2.75, 3.05) is 12.4 Å². The molecule has 0 radical (unpaired) electrons. The maximum Gasteiger partial charge on any atom is 0.266 e. The van der Waals surface area contributed by atoms with E-state index in [0.29, 0.717) is 21.6 Å². The summed E-state index contributed by atoms with van der Waals surface area (Å²) in [5, 5.41) is 11.5. The summed E-state index contributed by atoms with van der Waals surface area (Å²) in [6.07, 6.45) is -0.808. The van der Waals surface area contributed by atoms with E-state index in [2.05, 4.69) is 0 Å². The first kappa shape index (κ1) is 23.2. The van der Waals surface area contributed by atoms with Crippen molar-refractivity contribution in [3.63, 3.8) is 0 Å². The molecule has 4 aromatic rings. The Kier molecular flexibility index (Phi) is 7.23. The van der Waals surface area contributed by atoms with Gasteiger partial charge in [-0.25, -0.2) is 9.37 Å². The number of ether oxygens (including phenoxy) is 1. The molecule has 1 aromatic heterocycles. The summed E-state index contributed by atoms with van der Waals surface area (Å²) in [6, 6.07) is 19.5. The average molecular weight is 465 g/mol. The zero-order valence-corrected chi connectivity index (χ0v) is 19.3. The number of hydrogen-bond acceptors (Lipinski definition) is 5. The Bertz CT molecular complexity index is 1340. The fourth-order valence-corrected chi connectivity index (χ4v) is 4.53. The molecule has 0 aliphatic carbocycles. The molecule has 33 heavy (non-hydrogen) atoms. The van der Waals surface area contributed by atoms with Crippen LogP contribution < -0.4 is 5.56 Å². The number of fused-ring (bicyclic) bond motifs is 1. The summed E-state index contributed by atoms with van der Waals surface area (Å²) in [5.41, 5.74) is 3.73. The van der Waals surface area contributed by atoms with Crippen molar-refractivity contribution in [3.05, 3.63) is 99.6 Å². The van der Waals surface area contributed by atoms with E-state index in [0.717, 1.165) is 16.8 Å². The van der Waals surface area contributed by atoms with Gasteiger partial charge in [0.25, 0.3) is 5.56 Å². The van der Waals surface area contributed by atoms with Gasteiger partial charge >= 0.3 is 0 Å². The highest BCUT2D eigenvalue weighted by Gasteiger charge is 2.16. The van der Waals surface area contributed by atoms with Crippen LogP contribution >= 0.6 is 11.8 Å². The number of para-hydroxylation sites is 1. The van der Waals surface area contributed by atoms with Crippen LogP contribution in [-0.2, 0) is 11.3 Å². The molecule has 0 bridgehead atoms. The Hall–Kier alpha value is -3.00. The van der Waals surface area contributed by atoms with Gasteiger partial charge in [0.1, 0.15) is 5.82 Å². The van der Waals surface area contributed by atoms with Crippen LogP contribution in [0.5, 0.6) is 0 Å². The first-order valence-electron chi connectivity index (χ1n) is 10.7. The molecular formula is C26H25FN2O3S. The summed E-state index contributed by atoms with van der Waals surface area (Å²) in [4.78, 5) is 18.1. The number of aliphatic hydroxyl groups excluding tert-OH is 1. The SMILES string of the molecule is Cc1ccc(-n2c(SCC(O)COCc3ccccc3F)nc3ccccc3c2=O)c(C)c1. The largest absolute Gasteiger partial charge is 0.390 e. The second kappa shape index (κ2) is 10.3. The summed E-state index contributed by atoms with van der Waals surface area (Å²) in [5.74, 6) is -0.0633. The number of nitrogens with zero attached hydrogens (tertiary/aromatic N) is 2. The van der Waals surface area contributed by atoms with Gasteiger partial charge in [0, 0.05) is 11.3 Å². The standard InChI is InChI=1S/C26H25FN2O3S/c1-17-11-12-24(18(2)13-17)29-25(31)21-8-4-6-10-23(21)28-26(29)33-16-20(30)15-32-14-19-7-3-5-9-22(19)27/h3-13,20,30H,14-16H2,1-2H3. The lowest BCUT2D eigenvalue weighted by Crippen LogP contribution is -2.24. The van der Waals surface area contributed by atoms with Crippen LogP contribution in [0.1, 0.15) is 16.7 Å². The zero-order chi connectivity index (χ0) is 23.4. The molecule has 0 fully saturated rings. The second-order valence-electron chi connectivity index (χ2n) is 7.91. The van der Waals surface area contributed by atoms with Crippen molar-refractivity contribution in [1.29, 1.82) is 0 Å². The van der Waals surface area contributed by atoms with Crippen LogP contribution in [0, 0.1) is 19.7 Å². The predicted molar refractivity (Wildman–Crippen MR) is 130 cm³/mol. The van der Waals surface area contributed by atoms with Crippen molar-refractivity contribution in [2.45, 2.75) is 31.7 Å². The monoisotopic (exact) mass is 464 g/mol. The quantitative estimate of drug-likeness (QED) is 0.299. The van der Waals surface area contributed by atoms with E-state index >= 15 is 0 Å². The maximum atomic E-state index is 13.7. The number of aliphatic hydroxyl groups is 1. The Labute approximate surface area is 195 Å². The van der Waals surface area contributed by atoms with E-state index in [9.17, 15) is 14.3 Å². The normalized spacial score (nSPS) is 12.2. The molecule has 0 amide bonds. The lowest BCUT2D eigenvalue weighted by molar-refractivity contribution is 0.0386. The molecule has 1 heterocycles. The van der Waals surface area contributed by atoms with Crippen LogP contribution in [-0.4, -0.2) is 33.1 Å². The van der Waals surface area contributed by atoms with Crippen LogP contribution in [0.15, 0.2) is 76.7 Å². The number of benzene rings is 3. The lowest BCUT2D eigenvalue weighted by atomic mass is 10.1. The van der Waals surface area contributed by atoms with Gasteiger partial charge in [0.15, 0.2) is 5.16 Å². The van der Waals surface area contributed by atoms with Crippen LogP contribution in [0.2, 0.25) is 0 Å². The summed E-state index contributed by atoms with van der Waals surface area (Å²) in [6.45, 7) is 4.09. The Morgan fingerprint density at radius 3 is 2.64 bits per heavy atom. The summed E-state index contributed by atoms with van der Waals surface area (Å²) in [7, 11) is 0. The molecular weight excluding hydrogens is 439 g/mol. The Balaban J connectivity index is 1.55. The number of halogens is 1. The topological polar surface area (TPSA) is 64.3 Å². The molecule has 1 unspecified atom stereocenters. The van der Waals surface area contributed by atoms with Crippen molar-refractivity contribution in [3.8, 4) is 5.69 Å². The molecule has 0 saturated carbocycles. The highest BCUT2D eigenvalue weighted by atomic mass is 32.2. The molecule has 4 rings (SSSR count). The Morgan fingerprint density at radius 2 is 1.85 bits per heavy atom. The van der Waals surface area contributed by atoms with E-state index in [1.54, 1.807) is 34.9 Å². The van der Waals surface area contributed by atoms with Crippen LogP contribution in [0.25, 0.3) is 16.6 Å². The molecule has 1 atom stereocenters. The van der Waals surface area contributed by atoms with Gasteiger partial charge in [-0.3, -0.25) is 9.36 Å². The molecule has 1 N–H and O–H groups in total. The summed E-state index contributed by atoms with van der Waals surface area (Å²) < 4.78 is 20.8. The molecule has 0 spiro atoms. The van der Waals surface area contributed by atoms with Gasteiger partial charge in [-0.15, -0.1) is 0 Å². The first-order valence-corrected chi connectivity index (χ1v) is 11.6. The van der Waals surface area contributed by atoms with Gasteiger partial charge in [0.05, 0.1) is 35.9 Å². The van der Waals surface area contributed by atoms with E-state index in [1.165, 1.54) is 17.8 Å². The fourth-order valence-electron chi connectivity index (χ4n) is 3.62. The van der Waals surface area contributed by atoms with Gasteiger partial charge in [0.2, 0.25) is 0 Å². The number of aryl methyl sites for hydroxylation is 2. The minimum atomic E-state index is -0.808. The third-order valence-corrected chi connectivity index (χ3v) is 6.35. The minimum Gasteiger partial charge on any atom is -0.390 e. The van der Waals surface area contributed by atoms with E-state index in [-0.39, 0.29) is 30.3 Å². The first-order chi connectivity index (χ1) is 15.9. The third kappa shape index (κ3) is 5.33. The minimum absolute atomic E-state index is 0.0444. The van der Waals surface area contributed by atoms with Crippen molar-refractivity contribution < 1.29 is 14.2 Å². The molecule has 0 aliphatic heterocycles. The van der Waals surface area contributed by atoms with Crippen molar-refractivity contribution >= 4 is 22.7 Å². The highest BCUT2D eigenvalue weighted by molar-refractivity contribution is 7.99. The fraction of sp³-hybridized carbons (Fsp3) is 0.231. The van der Waals surface area contributed by atoms with Gasteiger partial charge in [-0.2, -0.15) is 0 Å². The van der Waals surface area contributed by atoms with Gasteiger partial charge in [-0.1, -0.05) is 59.8 Å². The van der Waals surface area contributed by atoms with Crippen LogP contribution in [0.4, 0.5) is 4.39 Å². The van der Waals surface area contributed by atoms with Crippen molar-refractivity contribution in [1.82, 2.24) is 9.55 Å². The Morgan fingerprint density at radius 1 is 1.09 bits per heavy atom. The highest BCUT2D eigenvalue weighted by Crippen LogP contribution is 2.24. The smallest absolute Gasteiger partial charge is 0.266 e. The predicted octanol–water partition coefficient (Wildman–Crippen LogP) is 4.81. The van der Waals surface area contributed by atoms with Crippen molar-refractivity contribution in [2.24, 2.45) is 0 Å². The summed E-state index contributed by atoms with van der Waals surface area (Å²) >= 11 is 1.29. The molecule has 5 nitrogen and oxygen atoms in total. The molecule has 3 aromatic carbocycles.